The molecule has 0 heterocycles. The summed E-state index contributed by atoms with van der Waals surface area (Å²) in [5, 5.41) is 2.79. The lowest BCUT2D eigenvalue weighted by Crippen LogP contribution is -2.37. The molecule has 3 rings (SSSR count). The molecule has 0 saturated carbocycles. The Kier molecular flexibility index (Phi) is 7.59. The highest BCUT2D eigenvalue weighted by molar-refractivity contribution is 7.98. The first-order valence-corrected chi connectivity index (χ1v) is 12.6. The fraction of sp³-hybridized carbons (Fsp3) is 0.174. The number of nitrogens with one attached hydrogen (secondary N) is 1. The number of nitrogens with zero attached hydrogens (tertiary/aromatic N) is 1. The molecule has 0 aliphatic rings. The molecule has 0 radical (unpaired) electrons. The minimum Gasteiger partial charge on any atom is -0.489 e. The van der Waals surface area contributed by atoms with Crippen LogP contribution in [0.5, 0.6) is 5.75 Å². The van der Waals surface area contributed by atoms with Crippen molar-refractivity contribution in [3.8, 4) is 5.75 Å². The smallest absolute Gasteiger partial charge is 0.245 e. The molecule has 162 valence electrons. The second kappa shape index (κ2) is 10.4. The van der Waals surface area contributed by atoms with Crippen LogP contribution in [0.15, 0.2) is 83.8 Å². The van der Waals surface area contributed by atoms with Crippen molar-refractivity contribution >= 4 is 39.1 Å². The quantitative estimate of drug-likeness (QED) is 0.483. The Labute approximate surface area is 187 Å². The van der Waals surface area contributed by atoms with Crippen molar-refractivity contribution in [3.63, 3.8) is 0 Å². The van der Waals surface area contributed by atoms with Gasteiger partial charge in [-0.3, -0.25) is 9.10 Å². The van der Waals surface area contributed by atoms with Crippen molar-refractivity contribution in [2.75, 3.05) is 28.7 Å². The van der Waals surface area contributed by atoms with E-state index in [2.05, 4.69) is 5.32 Å². The molecule has 8 heteroatoms. The minimum absolute atomic E-state index is 0.328. The summed E-state index contributed by atoms with van der Waals surface area (Å²) in [5.74, 6) is 0.190. The Morgan fingerprint density at radius 2 is 1.61 bits per heavy atom. The number of thioether (sulfide) groups is 1. The fourth-order valence-corrected chi connectivity index (χ4v) is 4.33. The zero-order valence-electron chi connectivity index (χ0n) is 17.3. The van der Waals surface area contributed by atoms with Gasteiger partial charge >= 0.3 is 0 Å². The highest BCUT2D eigenvalue weighted by Crippen LogP contribution is 2.25. The number of amides is 1. The van der Waals surface area contributed by atoms with E-state index in [0.29, 0.717) is 23.7 Å². The second-order valence-electron chi connectivity index (χ2n) is 6.79. The number of anilines is 2. The summed E-state index contributed by atoms with van der Waals surface area (Å²) in [7, 11) is -3.66. The van der Waals surface area contributed by atoms with Crippen LogP contribution in [0.25, 0.3) is 0 Å². The molecule has 0 aliphatic carbocycles. The predicted molar refractivity (Wildman–Crippen MR) is 126 cm³/mol. The summed E-state index contributed by atoms with van der Waals surface area (Å²) in [6.45, 7) is 0.0823. The average Bonchev–Trinajstić information content (AvgIpc) is 2.77. The zero-order valence-corrected chi connectivity index (χ0v) is 18.9. The van der Waals surface area contributed by atoms with Crippen molar-refractivity contribution in [3.05, 3.63) is 84.4 Å². The fourth-order valence-electron chi connectivity index (χ4n) is 2.92. The Bertz CT molecular complexity index is 1120. The van der Waals surface area contributed by atoms with Crippen LogP contribution in [0.3, 0.4) is 0 Å². The lowest BCUT2D eigenvalue weighted by atomic mass is 10.2. The third-order valence-electron chi connectivity index (χ3n) is 4.44. The molecule has 3 aromatic rings. The van der Waals surface area contributed by atoms with Crippen molar-refractivity contribution in [2.45, 2.75) is 11.5 Å². The number of carbonyl (C=O) groups is 1. The average molecular weight is 457 g/mol. The first-order valence-electron chi connectivity index (χ1n) is 9.54. The molecule has 0 saturated heterocycles. The lowest BCUT2D eigenvalue weighted by Gasteiger charge is -2.22. The number of hydrogen-bond donors (Lipinski definition) is 1. The maximum atomic E-state index is 12.6. The van der Waals surface area contributed by atoms with Crippen LogP contribution >= 0.6 is 11.8 Å². The van der Waals surface area contributed by atoms with Crippen LogP contribution < -0.4 is 14.4 Å². The van der Waals surface area contributed by atoms with Gasteiger partial charge in [-0.15, -0.1) is 11.8 Å². The maximum Gasteiger partial charge on any atom is 0.245 e. The van der Waals surface area contributed by atoms with Crippen LogP contribution in [-0.4, -0.2) is 33.4 Å². The van der Waals surface area contributed by atoms with E-state index < -0.39 is 15.9 Å². The molecule has 31 heavy (non-hydrogen) atoms. The Morgan fingerprint density at radius 1 is 0.968 bits per heavy atom. The molecule has 6 nitrogen and oxygen atoms in total. The number of para-hydroxylation sites is 1. The maximum absolute atomic E-state index is 12.6. The predicted octanol–water partition coefficient (Wildman–Crippen LogP) is 4.39. The molecule has 3 aromatic carbocycles. The molecule has 0 atom stereocenters. The van der Waals surface area contributed by atoms with E-state index in [1.165, 1.54) is 11.8 Å². The zero-order chi connectivity index (χ0) is 22.3. The van der Waals surface area contributed by atoms with Crippen molar-refractivity contribution in [1.82, 2.24) is 0 Å². The molecule has 0 aromatic heterocycles. The SMILES string of the molecule is CSc1ccccc1NC(=O)CN(c1ccc(OCc2ccccc2)cc1)S(C)(=O)=O. The van der Waals surface area contributed by atoms with Crippen molar-refractivity contribution in [1.29, 1.82) is 0 Å². The molecular weight excluding hydrogens is 432 g/mol. The summed E-state index contributed by atoms with van der Waals surface area (Å²) in [6, 6.07) is 23.8. The number of sulfonamides is 1. The first-order chi connectivity index (χ1) is 14.9. The standard InChI is InChI=1S/C23H24N2O4S2/c1-30-22-11-7-6-10-21(22)24-23(26)16-25(31(2,27)28)19-12-14-20(15-13-19)29-17-18-8-4-3-5-9-18/h3-15H,16-17H2,1-2H3,(H,24,26). The first kappa shape index (κ1) is 22.7. The van der Waals surface area contributed by atoms with E-state index in [-0.39, 0.29) is 6.54 Å². The van der Waals surface area contributed by atoms with E-state index in [0.717, 1.165) is 21.0 Å². The van der Waals surface area contributed by atoms with Gasteiger partial charge < -0.3 is 10.1 Å². The summed E-state index contributed by atoms with van der Waals surface area (Å²) in [6.07, 6.45) is 2.99. The van der Waals surface area contributed by atoms with E-state index in [4.69, 9.17) is 4.74 Å². The Hall–Kier alpha value is -2.97. The number of carbonyl (C=O) groups excluding carboxylic acids is 1. The topological polar surface area (TPSA) is 75.7 Å². The normalized spacial score (nSPS) is 11.0. The van der Waals surface area contributed by atoms with Gasteiger partial charge in [-0.2, -0.15) is 0 Å². The summed E-state index contributed by atoms with van der Waals surface area (Å²) in [5.41, 5.74) is 2.08. The van der Waals surface area contributed by atoms with Gasteiger partial charge in [0.2, 0.25) is 15.9 Å². The van der Waals surface area contributed by atoms with Crippen LogP contribution in [0.1, 0.15) is 5.56 Å². The molecule has 0 aliphatic heterocycles. The summed E-state index contributed by atoms with van der Waals surface area (Å²) < 4.78 is 31.5. The Morgan fingerprint density at radius 3 is 2.26 bits per heavy atom. The van der Waals surface area contributed by atoms with Crippen LogP contribution in [-0.2, 0) is 21.4 Å². The molecule has 1 N–H and O–H groups in total. The summed E-state index contributed by atoms with van der Waals surface area (Å²) >= 11 is 1.50. The lowest BCUT2D eigenvalue weighted by molar-refractivity contribution is -0.114. The van der Waals surface area contributed by atoms with Crippen LogP contribution in [0.4, 0.5) is 11.4 Å². The third-order valence-corrected chi connectivity index (χ3v) is 6.38. The van der Waals surface area contributed by atoms with Gasteiger partial charge in [-0.05, 0) is 48.2 Å². The van der Waals surface area contributed by atoms with Crippen LogP contribution in [0, 0.1) is 0 Å². The molecule has 1 amide bonds. The largest absolute Gasteiger partial charge is 0.489 e. The van der Waals surface area contributed by atoms with E-state index in [1.54, 1.807) is 30.3 Å². The number of hydrogen-bond acceptors (Lipinski definition) is 5. The van der Waals surface area contributed by atoms with Gasteiger partial charge in [-0.1, -0.05) is 42.5 Å². The van der Waals surface area contributed by atoms with Gasteiger partial charge in [-0.25, -0.2) is 8.42 Å². The number of ether oxygens (including phenoxy) is 1. The van der Waals surface area contributed by atoms with Crippen molar-refractivity contribution < 1.29 is 17.9 Å². The van der Waals surface area contributed by atoms with Gasteiger partial charge in [0.25, 0.3) is 0 Å². The highest BCUT2D eigenvalue weighted by atomic mass is 32.2. The van der Waals surface area contributed by atoms with E-state index in [9.17, 15) is 13.2 Å². The van der Waals surface area contributed by atoms with Crippen LogP contribution in [0.2, 0.25) is 0 Å². The highest BCUT2D eigenvalue weighted by Gasteiger charge is 2.21. The molecule has 0 spiro atoms. The summed E-state index contributed by atoms with van der Waals surface area (Å²) in [4.78, 5) is 13.5. The second-order valence-corrected chi connectivity index (χ2v) is 9.54. The molecular formula is C23H24N2O4S2. The van der Waals surface area contributed by atoms with Gasteiger partial charge in [0.15, 0.2) is 0 Å². The van der Waals surface area contributed by atoms with Gasteiger partial charge in [0.05, 0.1) is 17.6 Å². The molecule has 0 bridgehead atoms. The van der Waals surface area contributed by atoms with Gasteiger partial charge in [0.1, 0.15) is 18.9 Å². The van der Waals surface area contributed by atoms with Gasteiger partial charge in [0, 0.05) is 4.90 Å². The van der Waals surface area contributed by atoms with E-state index >= 15 is 0 Å². The van der Waals surface area contributed by atoms with E-state index in [1.807, 2.05) is 54.8 Å². The molecule has 0 unspecified atom stereocenters. The monoisotopic (exact) mass is 456 g/mol. The molecule has 0 fully saturated rings. The third kappa shape index (κ3) is 6.50. The van der Waals surface area contributed by atoms with Crippen molar-refractivity contribution in [2.24, 2.45) is 0 Å². The Balaban J connectivity index is 1.70. The number of rotatable bonds is 9. The minimum atomic E-state index is -3.66. The number of benzene rings is 3.